The Morgan fingerprint density at radius 1 is 0.963 bits per heavy atom. The van der Waals surface area contributed by atoms with Gasteiger partial charge in [-0.2, -0.15) is 0 Å². The largest absolute Gasteiger partial charge is 0.455 e. The first kappa shape index (κ1) is 17.0. The normalized spacial score (nSPS) is 15.4. The van der Waals surface area contributed by atoms with Crippen molar-refractivity contribution in [1.29, 1.82) is 0 Å². The van der Waals surface area contributed by atoms with Crippen molar-refractivity contribution in [1.82, 2.24) is 0 Å². The van der Waals surface area contributed by atoms with Gasteiger partial charge in [-0.15, -0.1) is 0 Å². The van der Waals surface area contributed by atoms with Crippen LogP contribution in [0.2, 0.25) is 5.02 Å². The number of benzene rings is 3. The molecule has 1 heterocycles. The molecule has 0 saturated carbocycles. The fourth-order valence-corrected chi connectivity index (χ4v) is 4.79. The van der Waals surface area contributed by atoms with Crippen molar-refractivity contribution in [2.45, 2.75) is 12.3 Å². The van der Waals surface area contributed by atoms with Crippen LogP contribution in [-0.2, 0) is 6.42 Å². The number of hydrogen-bond acceptors (Lipinski definition) is 2. The molecule has 5 rings (SSSR count). The van der Waals surface area contributed by atoms with Crippen LogP contribution in [0.3, 0.4) is 0 Å². The first-order valence-electron chi connectivity index (χ1n) is 8.72. The van der Waals surface area contributed by atoms with Gasteiger partial charge in [-0.25, -0.2) is 0 Å². The molecule has 1 aliphatic rings. The highest BCUT2D eigenvalue weighted by Gasteiger charge is 2.31. The Hall–Kier alpha value is -2.11. The summed E-state index contributed by atoms with van der Waals surface area (Å²) < 4.78 is 7.23. The Balaban J connectivity index is 1.88. The monoisotopic (exact) mass is 484 g/mol. The fourth-order valence-electron chi connectivity index (χ4n) is 3.95. The van der Waals surface area contributed by atoms with E-state index in [9.17, 15) is 4.79 Å². The predicted octanol–water partition coefficient (Wildman–Crippen LogP) is 6.41. The second-order valence-electron chi connectivity index (χ2n) is 6.75. The number of halogens is 2. The van der Waals surface area contributed by atoms with E-state index in [1.54, 1.807) is 0 Å². The summed E-state index contributed by atoms with van der Waals surface area (Å²) in [5.41, 5.74) is 4.72. The zero-order chi connectivity index (χ0) is 18.5. The van der Waals surface area contributed by atoms with Gasteiger partial charge >= 0.3 is 0 Å². The van der Waals surface area contributed by atoms with Gasteiger partial charge < -0.3 is 4.42 Å². The standard InChI is InChI=1S/C23H14ClIO2/c24-15-10-8-13(9-11-15)17-12-14-4-1-2-5-16(14)23-20(17)22(26)21-18(25)6-3-7-19(21)27-23/h1-11,17H,12H2. The maximum absolute atomic E-state index is 13.6. The molecule has 1 aromatic heterocycles. The third kappa shape index (κ3) is 2.72. The third-order valence-electron chi connectivity index (χ3n) is 5.21. The molecule has 1 unspecified atom stereocenters. The van der Waals surface area contributed by atoms with Crippen molar-refractivity contribution in [3.63, 3.8) is 0 Å². The van der Waals surface area contributed by atoms with Gasteiger partial charge in [0.2, 0.25) is 0 Å². The quantitative estimate of drug-likeness (QED) is 0.292. The molecule has 0 bridgehead atoms. The van der Waals surface area contributed by atoms with E-state index in [-0.39, 0.29) is 11.3 Å². The lowest BCUT2D eigenvalue weighted by Crippen LogP contribution is -2.22. The zero-order valence-corrected chi connectivity index (χ0v) is 17.1. The first-order valence-corrected chi connectivity index (χ1v) is 10.2. The Labute approximate surface area is 174 Å². The summed E-state index contributed by atoms with van der Waals surface area (Å²) in [7, 11) is 0. The van der Waals surface area contributed by atoms with Gasteiger partial charge in [-0.05, 0) is 64.4 Å². The summed E-state index contributed by atoms with van der Waals surface area (Å²) in [6.07, 6.45) is 0.768. The average molecular weight is 485 g/mol. The number of hydrogen-bond donors (Lipinski definition) is 0. The summed E-state index contributed by atoms with van der Waals surface area (Å²) in [5.74, 6) is 0.639. The highest BCUT2D eigenvalue weighted by atomic mass is 127. The van der Waals surface area contributed by atoms with Crippen LogP contribution in [0.25, 0.3) is 22.3 Å². The van der Waals surface area contributed by atoms with Gasteiger partial charge in [-0.1, -0.05) is 54.1 Å². The molecule has 27 heavy (non-hydrogen) atoms. The minimum atomic E-state index is -0.0520. The van der Waals surface area contributed by atoms with E-state index in [4.69, 9.17) is 16.0 Å². The van der Waals surface area contributed by atoms with E-state index in [2.05, 4.69) is 28.7 Å². The lowest BCUT2D eigenvalue weighted by molar-refractivity contribution is 0.591. The van der Waals surface area contributed by atoms with Crippen LogP contribution in [0, 0.1) is 3.57 Å². The summed E-state index contributed by atoms with van der Waals surface area (Å²) in [4.78, 5) is 13.6. The van der Waals surface area contributed by atoms with E-state index in [1.165, 1.54) is 5.56 Å². The molecule has 0 spiro atoms. The Morgan fingerprint density at radius 3 is 2.56 bits per heavy atom. The molecular formula is C23H14ClIO2. The topological polar surface area (TPSA) is 30.2 Å². The van der Waals surface area contributed by atoms with Crippen LogP contribution < -0.4 is 5.43 Å². The van der Waals surface area contributed by atoms with Crippen LogP contribution in [0.5, 0.6) is 0 Å². The van der Waals surface area contributed by atoms with Crippen LogP contribution in [0.1, 0.15) is 22.6 Å². The van der Waals surface area contributed by atoms with Crippen LogP contribution in [-0.4, -0.2) is 0 Å². The van der Waals surface area contributed by atoms with E-state index >= 15 is 0 Å². The molecule has 4 heteroatoms. The number of rotatable bonds is 1. The van der Waals surface area contributed by atoms with E-state index in [0.29, 0.717) is 21.8 Å². The molecule has 0 N–H and O–H groups in total. The lowest BCUT2D eigenvalue weighted by atomic mass is 9.78. The SMILES string of the molecule is O=c1c2c(oc3cccc(I)c13)-c1ccccc1CC2c1ccc(Cl)cc1. The molecule has 0 radical (unpaired) electrons. The molecular weight excluding hydrogens is 471 g/mol. The van der Waals surface area contributed by atoms with E-state index in [1.807, 2.05) is 60.7 Å². The average Bonchev–Trinajstić information content (AvgIpc) is 2.68. The van der Waals surface area contributed by atoms with Gasteiger partial charge in [0.05, 0.1) is 10.9 Å². The molecule has 4 aromatic rings. The van der Waals surface area contributed by atoms with Crippen LogP contribution in [0.4, 0.5) is 0 Å². The van der Waals surface area contributed by atoms with E-state index < -0.39 is 0 Å². The molecule has 0 saturated heterocycles. The van der Waals surface area contributed by atoms with E-state index in [0.717, 1.165) is 26.7 Å². The van der Waals surface area contributed by atoms with Crippen molar-refractivity contribution >= 4 is 45.2 Å². The molecule has 3 aromatic carbocycles. The van der Waals surface area contributed by atoms with Crippen molar-refractivity contribution in [2.24, 2.45) is 0 Å². The maximum atomic E-state index is 13.6. The fraction of sp³-hybridized carbons (Fsp3) is 0.0870. The lowest BCUT2D eigenvalue weighted by Gasteiger charge is -2.27. The van der Waals surface area contributed by atoms with Gasteiger partial charge in [-0.3, -0.25) is 4.79 Å². The van der Waals surface area contributed by atoms with Gasteiger partial charge in [0.25, 0.3) is 0 Å². The molecule has 132 valence electrons. The highest BCUT2D eigenvalue weighted by Crippen LogP contribution is 2.42. The maximum Gasteiger partial charge on any atom is 0.198 e. The molecule has 0 fully saturated rings. The predicted molar refractivity (Wildman–Crippen MR) is 118 cm³/mol. The Kier molecular flexibility index (Phi) is 4.10. The second-order valence-corrected chi connectivity index (χ2v) is 8.35. The highest BCUT2D eigenvalue weighted by molar-refractivity contribution is 14.1. The molecule has 1 atom stereocenters. The molecule has 0 aliphatic heterocycles. The van der Waals surface area contributed by atoms with Crippen LogP contribution >= 0.6 is 34.2 Å². The van der Waals surface area contributed by atoms with Crippen molar-refractivity contribution in [3.05, 3.63) is 102 Å². The Morgan fingerprint density at radius 2 is 1.74 bits per heavy atom. The first-order chi connectivity index (χ1) is 13.1. The summed E-state index contributed by atoms with van der Waals surface area (Å²) in [5, 5.41) is 1.35. The van der Waals surface area contributed by atoms with Crippen molar-refractivity contribution in [2.75, 3.05) is 0 Å². The second kappa shape index (κ2) is 6.50. The molecule has 1 aliphatic carbocycles. The van der Waals surface area contributed by atoms with Crippen molar-refractivity contribution in [3.8, 4) is 11.3 Å². The molecule has 2 nitrogen and oxygen atoms in total. The summed E-state index contributed by atoms with van der Waals surface area (Å²) >= 11 is 8.29. The summed E-state index contributed by atoms with van der Waals surface area (Å²) in [6.45, 7) is 0. The van der Waals surface area contributed by atoms with Gasteiger partial charge in [0.1, 0.15) is 11.3 Å². The zero-order valence-electron chi connectivity index (χ0n) is 14.2. The molecule has 0 amide bonds. The van der Waals surface area contributed by atoms with Gasteiger partial charge in [0, 0.05) is 20.1 Å². The van der Waals surface area contributed by atoms with Crippen LogP contribution in [0.15, 0.2) is 75.9 Å². The van der Waals surface area contributed by atoms with Crippen molar-refractivity contribution < 1.29 is 4.42 Å². The van der Waals surface area contributed by atoms with Gasteiger partial charge in [0.15, 0.2) is 5.43 Å². The number of fused-ring (bicyclic) bond motifs is 4. The third-order valence-corrected chi connectivity index (χ3v) is 6.36. The Bertz CT molecular complexity index is 1240. The minimum Gasteiger partial charge on any atom is -0.455 e. The summed E-state index contributed by atoms with van der Waals surface area (Å²) in [6, 6.07) is 21.7. The smallest absolute Gasteiger partial charge is 0.198 e. The minimum absolute atomic E-state index is 0.0520.